The van der Waals surface area contributed by atoms with Crippen LogP contribution >= 0.6 is 0 Å². The van der Waals surface area contributed by atoms with Gasteiger partial charge in [0.05, 0.1) is 49.1 Å². The van der Waals surface area contributed by atoms with E-state index in [1.54, 1.807) is 13.0 Å². The third kappa shape index (κ3) is 9.39. The zero-order valence-corrected chi connectivity index (χ0v) is 22.6. The first-order chi connectivity index (χ1) is 17.4. The summed E-state index contributed by atoms with van der Waals surface area (Å²) in [4.78, 5) is 34.7. The van der Waals surface area contributed by atoms with Crippen LogP contribution in [0.1, 0.15) is 66.7 Å². The molecule has 8 atom stereocenters. The third-order valence-electron chi connectivity index (χ3n) is 7.18. The van der Waals surface area contributed by atoms with Crippen LogP contribution in [0.15, 0.2) is 36.0 Å². The molecule has 2 amide bonds. The molecule has 0 aromatic rings. The first kappa shape index (κ1) is 29.1. The summed E-state index contributed by atoms with van der Waals surface area (Å²) >= 11 is 0. The molecule has 0 saturated carbocycles. The molecule has 3 heterocycles. The van der Waals surface area contributed by atoms with Crippen LogP contribution in [0, 0.1) is 5.92 Å². The minimum atomic E-state index is -0.458. The lowest BCUT2D eigenvalue weighted by Gasteiger charge is -2.39. The van der Waals surface area contributed by atoms with Gasteiger partial charge in [-0.3, -0.25) is 14.4 Å². The summed E-state index contributed by atoms with van der Waals surface area (Å²) in [6, 6.07) is -0.0915. The number of hydrogen-bond donors (Lipinski definition) is 2. The Bertz CT molecular complexity index is 923. The monoisotopic (exact) mass is 518 g/mol. The second kappa shape index (κ2) is 12.8. The van der Waals surface area contributed by atoms with Crippen LogP contribution in [0.5, 0.6) is 0 Å². The highest BCUT2D eigenvalue weighted by Crippen LogP contribution is 2.43. The Morgan fingerprint density at radius 2 is 1.89 bits per heavy atom. The maximum atomic E-state index is 12.3. The minimum Gasteiger partial charge on any atom is -0.459 e. The van der Waals surface area contributed by atoms with Gasteiger partial charge in [0.15, 0.2) is 0 Å². The summed E-state index contributed by atoms with van der Waals surface area (Å²) < 4.78 is 23.0. The normalized spacial score (nSPS) is 35.0. The lowest BCUT2D eigenvalue weighted by atomic mass is 9.88. The minimum absolute atomic E-state index is 0.0556. The van der Waals surface area contributed by atoms with E-state index in [1.165, 1.54) is 13.0 Å². The number of rotatable bonds is 10. The Kier molecular flexibility index (Phi) is 10.1. The quantitative estimate of drug-likeness (QED) is 0.197. The van der Waals surface area contributed by atoms with Gasteiger partial charge in [-0.25, -0.2) is 0 Å². The fraction of sp³-hybridized carbons (Fsp3) is 0.679. The van der Waals surface area contributed by atoms with E-state index in [-0.39, 0.29) is 66.2 Å². The summed E-state index contributed by atoms with van der Waals surface area (Å²) in [5, 5.41) is 3.01. The maximum Gasteiger partial charge on any atom is 0.303 e. The maximum absolute atomic E-state index is 12.3. The summed E-state index contributed by atoms with van der Waals surface area (Å²) in [6.07, 6.45) is 11.7. The van der Waals surface area contributed by atoms with E-state index in [1.807, 2.05) is 19.9 Å². The summed E-state index contributed by atoms with van der Waals surface area (Å²) in [6.45, 7) is 9.91. The number of esters is 1. The number of hydrogen-bond acceptors (Lipinski definition) is 7. The summed E-state index contributed by atoms with van der Waals surface area (Å²) in [7, 11) is 0. The van der Waals surface area contributed by atoms with Crippen LogP contribution in [-0.4, -0.2) is 66.6 Å². The molecule has 206 valence electrons. The molecule has 0 bridgehead atoms. The lowest BCUT2D eigenvalue weighted by molar-refractivity contribution is -0.143. The fourth-order valence-electron chi connectivity index (χ4n) is 5.10. The number of nitrogens with one attached hydrogen (secondary N) is 1. The van der Waals surface area contributed by atoms with Crippen molar-refractivity contribution in [3.05, 3.63) is 36.0 Å². The second-order valence-electron chi connectivity index (χ2n) is 10.8. The molecule has 9 nitrogen and oxygen atoms in total. The highest BCUT2D eigenvalue weighted by Gasteiger charge is 2.51. The van der Waals surface area contributed by atoms with E-state index in [9.17, 15) is 14.4 Å². The number of primary amides is 1. The smallest absolute Gasteiger partial charge is 0.303 e. The van der Waals surface area contributed by atoms with Gasteiger partial charge in [0.1, 0.15) is 6.10 Å². The summed E-state index contributed by atoms with van der Waals surface area (Å²) in [5.41, 5.74) is 6.32. The second-order valence-corrected chi connectivity index (χ2v) is 10.8. The molecule has 0 aromatic heterocycles. The molecule has 3 aliphatic rings. The van der Waals surface area contributed by atoms with Gasteiger partial charge < -0.3 is 30.0 Å². The van der Waals surface area contributed by atoms with Crippen molar-refractivity contribution in [2.24, 2.45) is 11.7 Å². The number of nitrogens with two attached hydrogens (primary N) is 1. The predicted molar refractivity (Wildman–Crippen MR) is 138 cm³/mol. The standard InChI is InChI=1S/C28H42N2O7/c1-17(6-9-22-14-28(16-34-28)15-23(37-22)13-26(29)32)7-10-25-18(2)12-24(20(4)36-25)30-27(33)11-8-19(3)35-21(5)31/h6-9,11,18-20,22-25H,10,12-16H2,1-5H3,(H2,29,32)(H,30,33)/t18-,19?,20+,22+,23+,24+,25-,28+/m0/s1. The van der Waals surface area contributed by atoms with Crippen LogP contribution in [0.3, 0.4) is 0 Å². The van der Waals surface area contributed by atoms with Crippen molar-refractivity contribution in [1.29, 1.82) is 0 Å². The predicted octanol–water partition coefficient (Wildman–Crippen LogP) is 2.88. The molecule has 1 spiro atoms. The van der Waals surface area contributed by atoms with Gasteiger partial charge in [0, 0.05) is 25.8 Å². The van der Waals surface area contributed by atoms with Crippen molar-refractivity contribution < 1.29 is 33.3 Å². The molecule has 3 fully saturated rings. The zero-order valence-electron chi connectivity index (χ0n) is 22.6. The topological polar surface area (TPSA) is 129 Å². The SMILES string of the molecule is CC(=O)OC(C)C=CC(=O)N[C@@H]1C[C@H](C)[C@H](CC=C(C)C=C[C@@H]2C[C@]3(CO3)C[C@@H](CC(N)=O)O2)O[C@@H]1C. The Morgan fingerprint density at radius 1 is 1.16 bits per heavy atom. The Labute approximate surface area is 219 Å². The van der Waals surface area contributed by atoms with Crippen molar-refractivity contribution in [2.45, 2.75) is 109 Å². The first-order valence-corrected chi connectivity index (χ1v) is 13.2. The van der Waals surface area contributed by atoms with Crippen LogP contribution in [0.4, 0.5) is 0 Å². The Balaban J connectivity index is 1.46. The number of ether oxygens (including phenoxy) is 4. The molecule has 0 radical (unpaired) electrons. The summed E-state index contributed by atoms with van der Waals surface area (Å²) in [5.74, 6) is -0.706. The average Bonchev–Trinajstić information content (AvgIpc) is 3.54. The Hall–Kier alpha value is -2.49. The van der Waals surface area contributed by atoms with Gasteiger partial charge >= 0.3 is 5.97 Å². The van der Waals surface area contributed by atoms with Gasteiger partial charge in [-0.2, -0.15) is 0 Å². The van der Waals surface area contributed by atoms with Crippen molar-refractivity contribution >= 4 is 17.8 Å². The fourth-order valence-corrected chi connectivity index (χ4v) is 5.10. The number of allylic oxidation sites excluding steroid dienone is 2. The van der Waals surface area contributed by atoms with Gasteiger partial charge in [0.2, 0.25) is 11.8 Å². The van der Waals surface area contributed by atoms with Crippen LogP contribution in [0.2, 0.25) is 0 Å². The molecule has 9 heteroatoms. The van der Waals surface area contributed by atoms with E-state index in [4.69, 9.17) is 24.7 Å². The molecule has 0 aliphatic carbocycles. The van der Waals surface area contributed by atoms with Gasteiger partial charge in [-0.15, -0.1) is 0 Å². The molecule has 1 unspecified atom stereocenters. The van der Waals surface area contributed by atoms with Crippen molar-refractivity contribution in [2.75, 3.05) is 6.61 Å². The van der Waals surface area contributed by atoms with E-state index >= 15 is 0 Å². The van der Waals surface area contributed by atoms with Crippen LogP contribution in [-0.2, 0) is 33.3 Å². The molecule has 3 aliphatic heterocycles. The van der Waals surface area contributed by atoms with Gasteiger partial charge in [-0.1, -0.05) is 30.7 Å². The molecule has 0 aromatic carbocycles. The molecule has 3 N–H and O–H groups in total. The highest BCUT2D eigenvalue weighted by atomic mass is 16.6. The van der Waals surface area contributed by atoms with E-state index in [0.717, 1.165) is 31.3 Å². The number of carbonyl (C=O) groups excluding carboxylic acids is 3. The Morgan fingerprint density at radius 3 is 2.54 bits per heavy atom. The van der Waals surface area contributed by atoms with Crippen LogP contribution in [0.25, 0.3) is 0 Å². The third-order valence-corrected chi connectivity index (χ3v) is 7.18. The molecule has 3 saturated heterocycles. The first-order valence-electron chi connectivity index (χ1n) is 13.2. The highest BCUT2D eigenvalue weighted by molar-refractivity contribution is 5.87. The molecule has 3 rings (SSSR count). The number of amides is 2. The largest absolute Gasteiger partial charge is 0.459 e. The molecular weight excluding hydrogens is 476 g/mol. The van der Waals surface area contributed by atoms with E-state index in [0.29, 0.717) is 6.61 Å². The number of epoxide rings is 1. The number of carbonyl (C=O) groups is 3. The van der Waals surface area contributed by atoms with Crippen LogP contribution < -0.4 is 11.1 Å². The lowest BCUT2D eigenvalue weighted by Crippen LogP contribution is -2.50. The zero-order chi connectivity index (χ0) is 27.2. The van der Waals surface area contributed by atoms with Gasteiger partial charge in [0.25, 0.3) is 0 Å². The van der Waals surface area contributed by atoms with E-state index in [2.05, 4.69) is 24.4 Å². The van der Waals surface area contributed by atoms with E-state index < -0.39 is 6.10 Å². The average molecular weight is 519 g/mol. The van der Waals surface area contributed by atoms with Crippen molar-refractivity contribution in [1.82, 2.24) is 5.32 Å². The molecular formula is C28H42N2O7. The van der Waals surface area contributed by atoms with Gasteiger partial charge in [-0.05, 0) is 45.6 Å². The van der Waals surface area contributed by atoms with Crippen molar-refractivity contribution in [3.63, 3.8) is 0 Å². The molecule has 37 heavy (non-hydrogen) atoms. The van der Waals surface area contributed by atoms with Crippen molar-refractivity contribution in [3.8, 4) is 0 Å².